The number of ether oxygens (including phenoxy) is 1. The first-order chi connectivity index (χ1) is 15.8. The second kappa shape index (κ2) is 9.19. The lowest BCUT2D eigenvalue weighted by molar-refractivity contribution is 0.0730. The van der Waals surface area contributed by atoms with Crippen molar-refractivity contribution in [2.75, 3.05) is 11.8 Å². The number of hydrogen-bond acceptors (Lipinski definition) is 4. The average molecular weight is 473 g/mol. The van der Waals surface area contributed by atoms with E-state index in [-0.39, 0.29) is 17.6 Å². The van der Waals surface area contributed by atoms with Crippen LogP contribution in [0.3, 0.4) is 0 Å². The van der Waals surface area contributed by atoms with Crippen LogP contribution in [0, 0.1) is 11.6 Å². The van der Waals surface area contributed by atoms with Gasteiger partial charge in [-0.3, -0.25) is 9.52 Å². The molecule has 0 aromatic heterocycles. The Hall–Kier alpha value is -3.46. The van der Waals surface area contributed by atoms with E-state index in [9.17, 15) is 22.0 Å². The van der Waals surface area contributed by atoms with Gasteiger partial charge in [-0.2, -0.15) is 0 Å². The van der Waals surface area contributed by atoms with Gasteiger partial charge < -0.3 is 9.64 Å². The maximum absolute atomic E-state index is 13.5. The number of anilines is 1. The number of nitrogens with one attached hydrogen (secondary N) is 1. The topological polar surface area (TPSA) is 75.7 Å². The molecule has 0 spiro atoms. The van der Waals surface area contributed by atoms with Gasteiger partial charge in [0.05, 0.1) is 12.0 Å². The maximum Gasteiger partial charge on any atom is 0.261 e. The first-order valence-corrected chi connectivity index (χ1v) is 11.8. The van der Waals surface area contributed by atoms with E-state index in [2.05, 4.69) is 4.72 Å². The van der Waals surface area contributed by atoms with Gasteiger partial charge in [0.1, 0.15) is 5.75 Å². The lowest BCUT2D eigenvalue weighted by Gasteiger charge is -2.23. The highest BCUT2D eigenvalue weighted by molar-refractivity contribution is 7.92. The van der Waals surface area contributed by atoms with Crippen molar-refractivity contribution in [3.05, 3.63) is 89.5 Å². The Kier molecular flexibility index (Phi) is 6.33. The van der Waals surface area contributed by atoms with Gasteiger partial charge in [-0.15, -0.1) is 0 Å². The zero-order chi connectivity index (χ0) is 23.6. The fraction of sp³-hybridized carbons (Fsp3) is 0.208. The minimum atomic E-state index is -4.17. The molecule has 0 bridgehead atoms. The quantitative estimate of drug-likeness (QED) is 0.521. The second-order valence-electron chi connectivity index (χ2n) is 7.77. The summed E-state index contributed by atoms with van der Waals surface area (Å²) in [6, 6.07) is 16.0. The zero-order valence-electron chi connectivity index (χ0n) is 17.8. The Morgan fingerprint density at radius 3 is 2.39 bits per heavy atom. The van der Waals surface area contributed by atoms with Crippen molar-refractivity contribution in [1.29, 1.82) is 0 Å². The fourth-order valence-corrected chi connectivity index (χ4v) is 4.48. The molecular weight excluding hydrogens is 450 g/mol. The Bertz CT molecular complexity index is 1280. The lowest BCUT2D eigenvalue weighted by atomic mass is 10.1. The normalized spacial score (nSPS) is 13.4. The SMILES string of the molecule is COc1ccc(CN(C(=O)c2cccc(NS(=O)(=O)c3ccc(F)c(F)c3)c2)C2CC2)cc1. The van der Waals surface area contributed by atoms with Crippen molar-refractivity contribution in [3.8, 4) is 5.75 Å². The first-order valence-electron chi connectivity index (χ1n) is 10.3. The van der Waals surface area contributed by atoms with Crippen LogP contribution in [0.2, 0.25) is 0 Å². The van der Waals surface area contributed by atoms with E-state index >= 15 is 0 Å². The fourth-order valence-electron chi connectivity index (χ4n) is 3.42. The molecule has 1 saturated carbocycles. The van der Waals surface area contributed by atoms with E-state index in [0.717, 1.165) is 36.3 Å². The van der Waals surface area contributed by atoms with Crippen LogP contribution in [0.1, 0.15) is 28.8 Å². The highest BCUT2D eigenvalue weighted by Gasteiger charge is 2.33. The number of sulfonamides is 1. The van der Waals surface area contributed by atoms with Gasteiger partial charge in [-0.05, 0) is 66.9 Å². The van der Waals surface area contributed by atoms with Gasteiger partial charge in [-0.1, -0.05) is 18.2 Å². The molecule has 0 atom stereocenters. The summed E-state index contributed by atoms with van der Waals surface area (Å²) in [5.41, 5.74) is 1.41. The van der Waals surface area contributed by atoms with E-state index in [1.807, 2.05) is 24.3 Å². The van der Waals surface area contributed by atoms with E-state index in [1.54, 1.807) is 24.1 Å². The molecule has 33 heavy (non-hydrogen) atoms. The van der Waals surface area contributed by atoms with Crippen molar-refractivity contribution in [2.45, 2.75) is 30.3 Å². The van der Waals surface area contributed by atoms with Crippen LogP contribution in [0.5, 0.6) is 5.75 Å². The molecule has 1 fully saturated rings. The summed E-state index contributed by atoms with van der Waals surface area (Å²) in [7, 11) is -2.58. The van der Waals surface area contributed by atoms with Crippen molar-refractivity contribution in [2.24, 2.45) is 0 Å². The van der Waals surface area contributed by atoms with Crippen LogP contribution in [-0.2, 0) is 16.6 Å². The minimum Gasteiger partial charge on any atom is -0.497 e. The van der Waals surface area contributed by atoms with Crippen LogP contribution in [0.4, 0.5) is 14.5 Å². The summed E-state index contributed by atoms with van der Waals surface area (Å²) >= 11 is 0. The van der Waals surface area contributed by atoms with Crippen molar-refractivity contribution >= 4 is 21.6 Å². The molecule has 172 valence electrons. The van der Waals surface area contributed by atoms with Crippen molar-refractivity contribution in [3.63, 3.8) is 0 Å². The Labute approximate surface area is 190 Å². The van der Waals surface area contributed by atoms with Gasteiger partial charge in [0, 0.05) is 23.8 Å². The molecule has 0 aliphatic heterocycles. The number of halogens is 2. The monoisotopic (exact) mass is 472 g/mol. The van der Waals surface area contributed by atoms with Crippen LogP contribution in [-0.4, -0.2) is 32.4 Å². The summed E-state index contributed by atoms with van der Waals surface area (Å²) in [5.74, 6) is -1.90. The minimum absolute atomic E-state index is 0.127. The van der Waals surface area contributed by atoms with Gasteiger partial charge in [-0.25, -0.2) is 17.2 Å². The molecule has 9 heteroatoms. The third-order valence-corrected chi connectivity index (χ3v) is 6.70. The molecule has 6 nitrogen and oxygen atoms in total. The van der Waals surface area contributed by atoms with E-state index in [0.29, 0.717) is 18.2 Å². The molecule has 1 aliphatic rings. The van der Waals surface area contributed by atoms with E-state index in [4.69, 9.17) is 4.74 Å². The van der Waals surface area contributed by atoms with E-state index < -0.39 is 26.6 Å². The largest absolute Gasteiger partial charge is 0.497 e. The molecular formula is C24H22F2N2O4S. The Morgan fingerprint density at radius 2 is 1.76 bits per heavy atom. The molecule has 0 saturated heterocycles. The second-order valence-corrected chi connectivity index (χ2v) is 9.46. The van der Waals surface area contributed by atoms with Gasteiger partial charge in [0.2, 0.25) is 0 Å². The Balaban J connectivity index is 1.54. The predicted molar refractivity (Wildman–Crippen MR) is 119 cm³/mol. The molecule has 3 aromatic rings. The molecule has 0 radical (unpaired) electrons. The number of rotatable bonds is 8. The average Bonchev–Trinajstić information content (AvgIpc) is 3.64. The standard InChI is InChI=1S/C24H22F2N2O4S/c1-32-20-9-5-16(6-10-20)15-28(19-7-8-19)24(29)17-3-2-4-18(13-17)27-33(30,31)21-11-12-22(25)23(26)14-21/h2-6,9-14,19,27H,7-8,15H2,1H3. The summed E-state index contributed by atoms with van der Waals surface area (Å²) in [4.78, 5) is 14.6. The number of carbonyl (C=O) groups excluding carboxylic acids is 1. The van der Waals surface area contributed by atoms with Crippen LogP contribution in [0.15, 0.2) is 71.6 Å². The molecule has 0 unspecified atom stereocenters. The third-order valence-electron chi connectivity index (χ3n) is 5.32. The molecule has 3 aromatic carbocycles. The number of carbonyl (C=O) groups is 1. The Morgan fingerprint density at radius 1 is 1.03 bits per heavy atom. The number of nitrogens with zero attached hydrogens (tertiary/aromatic N) is 1. The number of amides is 1. The summed E-state index contributed by atoms with van der Waals surface area (Å²) in [6.45, 7) is 0.415. The third kappa shape index (κ3) is 5.31. The predicted octanol–water partition coefficient (Wildman–Crippen LogP) is 4.58. The smallest absolute Gasteiger partial charge is 0.261 e. The van der Waals surface area contributed by atoms with Gasteiger partial charge in [0.25, 0.3) is 15.9 Å². The lowest BCUT2D eigenvalue weighted by Crippen LogP contribution is -2.32. The number of benzene rings is 3. The maximum atomic E-state index is 13.5. The number of methoxy groups -OCH3 is 1. The summed E-state index contributed by atoms with van der Waals surface area (Å²) in [6.07, 6.45) is 1.81. The van der Waals surface area contributed by atoms with Gasteiger partial charge in [0.15, 0.2) is 11.6 Å². The van der Waals surface area contributed by atoms with Crippen LogP contribution >= 0.6 is 0 Å². The molecule has 0 heterocycles. The summed E-state index contributed by atoms with van der Waals surface area (Å²) in [5, 5.41) is 0. The number of hydrogen-bond donors (Lipinski definition) is 1. The first kappa shape index (κ1) is 22.7. The highest BCUT2D eigenvalue weighted by Crippen LogP contribution is 2.31. The molecule has 1 aliphatic carbocycles. The molecule has 4 rings (SSSR count). The van der Waals surface area contributed by atoms with Crippen molar-refractivity contribution < 1.29 is 26.7 Å². The molecule has 1 amide bonds. The van der Waals surface area contributed by atoms with E-state index in [1.165, 1.54) is 12.1 Å². The van der Waals surface area contributed by atoms with Crippen LogP contribution in [0.25, 0.3) is 0 Å². The highest BCUT2D eigenvalue weighted by atomic mass is 32.2. The van der Waals surface area contributed by atoms with Crippen molar-refractivity contribution in [1.82, 2.24) is 4.90 Å². The molecule has 1 N–H and O–H groups in total. The van der Waals surface area contributed by atoms with Gasteiger partial charge >= 0.3 is 0 Å². The zero-order valence-corrected chi connectivity index (χ0v) is 18.6. The summed E-state index contributed by atoms with van der Waals surface area (Å²) < 4.78 is 59.3. The van der Waals surface area contributed by atoms with Crippen LogP contribution < -0.4 is 9.46 Å².